The molecule has 0 aromatic heterocycles. The third-order valence-corrected chi connectivity index (χ3v) is 5.05. The van der Waals surface area contributed by atoms with E-state index in [-0.39, 0.29) is 5.41 Å². The number of rotatable bonds is 5. The molecule has 0 radical (unpaired) electrons. The van der Waals surface area contributed by atoms with Gasteiger partial charge in [-0.2, -0.15) is 0 Å². The van der Waals surface area contributed by atoms with Crippen LogP contribution in [0, 0.1) is 5.92 Å². The van der Waals surface area contributed by atoms with E-state index in [9.17, 15) is 5.11 Å². The molecule has 0 fully saturated rings. The van der Waals surface area contributed by atoms with Crippen molar-refractivity contribution in [3.8, 4) is 0 Å². The lowest BCUT2D eigenvalue weighted by Crippen LogP contribution is -2.23. The summed E-state index contributed by atoms with van der Waals surface area (Å²) in [6.07, 6.45) is 10.5. The Labute approximate surface area is 147 Å². The summed E-state index contributed by atoms with van der Waals surface area (Å²) >= 11 is 0. The summed E-state index contributed by atoms with van der Waals surface area (Å²) in [5, 5.41) is 9.28. The fraction of sp³-hybridized carbons (Fsp3) is 0.391. The van der Waals surface area contributed by atoms with E-state index in [1.165, 1.54) is 22.3 Å². The third kappa shape index (κ3) is 4.50. The van der Waals surface area contributed by atoms with Crippen LogP contribution in [0.2, 0.25) is 0 Å². The molecular formula is C23H30O. The molecule has 0 heterocycles. The van der Waals surface area contributed by atoms with Gasteiger partial charge in [-0.3, -0.25) is 0 Å². The zero-order valence-electron chi connectivity index (χ0n) is 15.6. The average molecular weight is 322 g/mol. The quantitative estimate of drug-likeness (QED) is 0.475. The Morgan fingerprint density at radius 1 is 1.12 bits per heavy atom. The van der Waals surface area contributed by atoms with Gasteiger partial charge in [-0.25, -0.2) is 0 Å². The van der Waals surface area contributed by atoms with Gasteiger partial charge in [0.1, 0.15) is 0 Å². The molecule has 0 aliphatic heterocycles. The lowest BCUT2D eigenvalue weighted by Gasteiger charge is -2.33. The van der Waals surface area contributed by atoms with E-state index in [1.54, 1.807) is 13.0 Å². The highest BCUT2D eigenvalue weighted by molar-refractivity contribution is 5.40. The van der Waals surface area contributed by atoms with Crippen LogP contribution in [-0.2, 0) is 5.41 Å². The minimum Gasteiger partial charge on any atom is -0.513 e. The summed E-state index contributed by atoms with van der Waals surface area (Å²) in [5.41, 5.74) is 5.69. The molecule has 0 saturated carbocycles. The Bertz CT molecular complexity index is 680. The van der Waals surface area contributed by atoms with E-state index in [2.05, 4.69) is 70.2 Å². The van der Waals surface area contributed by atoms with Crippen LogP contribution in [0.15, 0.2) is 77.1 Å². The number of hydrogen-bond acceptors (Lipinski definition) is 1. The minimum absolute atomic E-state index is 0.0686. The van der Waals surface area contributed by atoms with Crippen molar-refractivity contribution in [2.75, 3.05) is 0 Å². The minimum atomic E-state index is 0.0686. The molecule has 1 aliphatic rings. The molecular weight excluding hydrogens is 292 g/mol. The van der Waals surface area contributed by atoms with Gasteiger partial charge < -0.3 is 5.11 Å². The molecule has 0 spiro atoms. The number of benzene rings is 1. The van der Waals surface area contributed by atoms with Crippen LogP contribution < -0.4 is 0 Å². The molecule has 0 amide bonds. The van der Waals surface area contributed by atoms with Gasteiger partial charge in [-0.1, -0.05) is 86.1 Å². The molecule has 1 aromatic carbocycles. The predicted octanol–water partition coefficient (Wildman–Crippen LogP) is 6.66. The van der Waals surface area contributed by atoms with Gasteiger partial charge in [0, 0.05) is 5.41 Å². The summed E-state index contributed by atoms with van der Waals surface area (Å²) in [4.78, 5) is 0. The maximum Gasteiger partial charge on any atom is 0.0891 e. The Kier molecular flexibility index (Phi) is 5.88. The average Bonchev–Trinajstić information content (AvgIpc) is 2.55. The van der Waals surface area contributed by atoms with Crippen molar-refractivity contribution in [3.63, 3.8) is 0 Å². The van der Waals surface area contributed by atoms with Crippen molar-refractivity contribution in [2.45, 2.75) is 52.9 Å². The highest BCUT2D eigenvalue weighted by Crippen LogP contribution is 2.39. The van der Waals surface area contributed by atoms with E-state index in [0.29, 0.717) is 11.7 Å². The van der Waals surface area contributed by atoms with Crippen LogP contribution in [-0.4, -0.2) is 5.11 Å². The summed E-state index contributed by atoms with van der Waals surface area (Å²) in [7, 11) is 0. The second-order valence-electron chi connectivity index (χ2n) is 7.53. The predicted molar refractivity (Wildman–Crippen MR) is 104 cm³/mol. The van der Waals surface area contributed by atoms with Crippen molar-refractivity contribution in [3.05, 3.63) is 82.7 Å². The van der Waals surface area contributed by atoms with Crippen LogP contribution in [0.4, 0.5) is 0 Å². The smallest absolute Gasteiger partial charge is 0.0891 e. The maximum absolute atomic E-state index is 9.28. The normalized spacial score (nSPS) is 19.8. The highest BCUT2D eigenvalue weighted by Gasteiger charge is 2.28. The van der Waals surface area contributed by atoms with Crippen molar-refractivity contribution >= 4 is 0 Å². The first-order chi connectivity index (χ1) is 11.3. The SMILES string of the molecule is C/C(O)=C\C=C(/C)CC1=CC=C(C(C)(C)c2ccccc2)C[C@@H]1C. The molecule has 128 valence electrons. The second kappa shape index (κ2) is 7.70. The first-order valence-electron chi connectivity index (χ1n) is 8.79. The summed E-state index contributed by atoms with van der Waals surface area (Å²) < 4.78 is 0. The fourth-order valence-electron chi connectivity index (χ4n) is 3.28. The summed E-state index contributed by atoms with van der Waals surface area (Å²) in [6, 6.07) is 10.8. The van der Waals surface area contributed by atoms with Crippen molar-refractivity contribution < 1.29 is 5.11 Å². The molecule has 0 bridgehead atoms. The zero-order valence-corrected chi connectivity index (χ0v) is 15.6. The topological polar surface area (TPSA) is 20.2 Å². The van der Waals surface area contributed by atoms with E-state index in [0.717, 1.165) is 12.8 Å². The Hall–Kier alpha value is -2.02. The van der Waals surface area contributed by atoms with Gasteiger partial charge in [0.2, 0.25) is 0 Å². The van der Waals surface area contributed by atoms with Crippen molar-refractivity contribution in [1.29, 1.82) is 0 Å². The van der Waals surface area contributed by atoms with Gasteiger partial charge in [-0.15, -0.1) is 0 Å². The third-order valence-electron chi connectivity index (χ3n) is 5.05. The molecule has 0 saturated heterocycles. The molecule has 1 heteroatoms. The zero-order chi connectivity index (χ0) is 17.7. The van der Waals surface area contributed by atoms with E-state index >= 15 is 0 Å². The number of hydrogen-bond donors (Lipinski definition) is 1. The molecule has 1 N–H and O–H groups in total. The lowest BCUT2D eigenvalue weighted by molar-refractivity contribution is 0.414. The van der Waals surface area contributed by atoms with Gasteiger partial charge >= 0.3 is 0 Å². The van der Waals surface area contributed by atoms with Crippen molar-refractivity contribution in [1.82, 2.24) is 0 Å². The molecule has 1 aliphatic carbocycles. The standard InChI is InChI=1S/C23H30O/c1-17(11-12-19(3)24)15-20-13-14-22(16-18(20)2)23(4,5)21-9-7-6-8-10-21/h6-14,18,24H,15-16H2,1-5H3/b17-11+,19-12+/t18-/m0/s1. The first kappa shape index (κ1) is 18.3. The summed E-state index contributed by atoms with van der Waals surface area (Å²) in [5.74, 6) is 0.905. The van der Waals surface area contributed by atoms with Gasteiger partial charge in [-0.05, 0) is 44.2 Å². The highest BCUT2D eigenvalue weighted by atomic mass is 16.3. The Morgan fingerprint density at radius 3 is 2.38 bits per heavy atom. The van der Waals surface area contributed by atoms with Gasteiger partial charge in [0.05, 0.1) is 5.76 Å². The molecule has 24 heavy (non-hydrogen) atoms. The van der Waals surface area contributed by atoms with Crippen LogP contribution in [0.5, 0.6) is 0 Å². The van der Waals surface area contributed by atoms with Crippen molar-refractivity contribution in [2.24, 2.45) is 5.92 Å². The van der Waals surface area contributed by atoms with Crippen LogP contribution in [0.25, 0.3) is 0 Å². The molecule has 1 aromatic rings. The molecule has 0 unspecified atom stereocenters. The first-order valence-corrected chi connectivity index (χ1v) is 8.79. The summed E-state index contributed by atoms with van der Waals surface area (Å²) in [6.45, 7) is 10.8. The lowest BCUT2D eigenvalue weighted by atomic mass is 9.71. The number of allylic oxidation sites excluding steroid dienone is 8. The van der Waals surface area contributed by atoms with Crippen LogP contribution >= 0.6 is 0 Å². The van der Waals surface area contributed by atoms with Crippen LogP contribution in [0.3, 0.4) is 0 Å². The second-order valence-corrected chi connectivity index (χ2v) is 7.53. The van der Waals surface area contributed by atoms with Gasteiger partial charge in [0.15, 0.2) is 0 Å². The Morgan fingerprint density at radius 2 is 1.79 bits per heavy atom. The van der Waals surface area contributed by atoms with Crippen LogP contribution in [0.1, 0.15) is 53.0 Å². The number of aliphatic hydroxyl groups is 1. The fourth-order valence-corrected chi connectivity index (χ4v) is 3.28. The number of aliphatic hydroxyl groups excluding tert-OH is 1. The molecule has 1 nitrogen and oxygen atoms in total. The van der Waals surface area contributed by atoms with E-state index < -0.39 is 0 Å². The van der Waals surface area contributed by atoms with Gasteiger partial charge in [0.25, 0.3) is 0 Å². The maximum atomic E-state index is 9.28. The van der Waals surface area contributed by atoms with E-state index in [4.69, 9.17) is 0 Å². The molecule has 1 atom stereocenters. The largest absolute Gasteiger partial charge is 0.513 e. The Balaban J connectivity index is 2.20. The molecule has 2 rings (SSSR count). The monoisotopic (exact) mass is 322 g/mol. The van der Waals surface area contributed by atoms with E-state index in [1.807, 2.05) is 6.08 Å².